The van der Waals surface area contributed by atoms with Crippen LogP contribution in [-0.2, 0) is 4.79 Å². The number of nitrogens with zero attached hydrogens (tertiary/aromatic N) is 1. The number of carboxylic acid groups (broad SMARTS) is 1. The number of aliphatic carboxylic acids is 1. The highest BCUT2D eigenvalue weighted by Gasteiger charge is 2.40. The minimum absolute atomic E-state index is 0.0540. The third kappa shape index (κ3) is 3.46. The van der Waals surface area contributed by atoms with Gasteiger partial charge in [-0.3, -0.25) is 4.79 Å². The number of halogens is 1. The second-order valence-electron chi connectivity index (χ2n) is 6.69. The molecule has 1 aliphatic heterocycles. The van der Waals surface area contributed by atoms with Gasteiger partial charge in [-0.05, 0) is 30.2 Å². The van der Waals surface area contributed by atoms with Crippen LogP contribution in [0.3, 0.4) is 0 Å². The second kappa shape index (κ2) is 6.88. The number of carboxylic acids is 1. The highest BCUT2D eigenvalue weighted by Crippen LogP contribution is 2.26. The predicted molar refractivity (Wildman–Crippen MR) is 94.3 cm³/mol. The Morgan fingerprint density at radius 1 is 1.04 bits per heavy atom. The summed E-state index contributed by atoms with van der Waals surface area (Å²) in [6, 6.07) is 12.1. The molecule has 2 N–H and O–H groups in total. The van der Waals surface area contributed by atoms with Crippen LogP contribution in [0.5, 0.6) is 0 Å². The molecule has 0 spiro atoms. The largest absolute Gasteiger partial charge is 0.479 e. The summed E-state index contributed by atoms with van der Waals surface area (Å²) in [5.41, 5.74) is 0.773. The third-order valence-corrected chi connectivity index (χ3v) is 4.86. The molecule has 26 heavy (non-hydrogen) atoms. The molecule has 0 saturated carbocycles. The molecule has 1 amide bonds. The van der Waals surface area contributed by atoms with Crippen LogP contribution in [0.25, 0.3) is 11.1 Å². The standard InChI is InChI=1S/C20H20FNO4/c1-13-2-4-14(5-3-13)15-6-7-16(17(21)12-15)18(23)22-10-8-20(26,9-11-22)19(24)25/h2-7,12,26H,8-11H2,1H3,(H,24,25). The van der Waals surface area contributed by atoms with Crippen molar-refractivity contribution in [3.63, 3.8) is 0 Å². The molecule has 5 nitrogen and oxygen atoms in total. The van der Waals surface area contributed by atoms with Gasteiger partial charge in [0.1, 0.15) is 5.82 Å². The van der Waals surface area contributed by atoms with Crippen molar-refractivity contribution in [1.29, 1.82) is 0 Å². The normalized spacial score (nSPS) is 16.3. The first-order chi connectivity index (χ1) is 12.3. The molecule has 0 unspecified atom stereocenters. The van der Waals surface area contributed by atoms with Gasteiger partial charge >= 0.3 is 5.97 Å². The fraction of sp³-hybridized carbons (Fsp3) is 0.300. The molecule has 2 aromatic rings. The molecule has 0 aromatic heterocycles. The highest BCUT2D eigenvalue weighted by molar-refractivity contribution is 5.95. The minimum atomic E-state index is -1.81. The summed E-state index contributed by atoms with van der Waals surface area (Å²) in [5, 5.41) is 19.0. The van der Waals surface area contributed by atoms with Crippen LogP contribution in [0, 0.1) is 12.7 Å². The number of hydrogen-bond donors (Lipinski definition) is 2. The first kappa shape index (κ1) is 18.1. The van der Waals surface area contributed by atoms with E-state index in [-0.39, 0.29) is 31.5 Å². The quantitative estimate of drug-likeness (QED) is 0.885. The van der Waals surface area contributed by atoms with E-state index in [0.717, 1.165) is 11.1 Å². The Balaban J connectivity index is 1.76. The average molecular weight is 357 g/mol. The van der Waals surface area contributed by atoms with Gasteiger partial charge in [-0.1, -0.05) is 35.9 Å². The molecule has 0 radical (unpaired) electrons. The van der Waals surface area contributed by atoms with Crippen LogP contribution < -0.4 is 0 Å². The number of carbonyl (C=O) groups is 2. The van der Waals surface area contributed by atoms with Crippen molar-refractivity contribution in [2.24, 2.45) is 0 Å². The van der Waals surface area contributed by atoms with Crippen LogP contribution in [0.4, 0.5) is 4.39 Å². The van der Waals surface area contributed by atoms with Gasteiger partial charge in [-0.25, -0.2) is 9.18 Å². The molecule has 1 heterocycles. The van der Waals surface area contributed by atoms with Crippen molar-refractivity contribution >= 4 is 11.9 Å². The monoisotopic (exact) mass is 357 g/mol. The highest BCUT2D eigenvalue weighted by atomic mass is 19.1. The molecule has 0 atom stereocenters. The number of rotatable bonds is 3. The molecule has 1 aliphatic rings. The van der Waals surface area contributed by atoms with E-state index in [1.165, 1.54) is 17.0 Å². The number of amides is 1. The molecular formula is C20H20FNO4. The van der Waals surface area contributed by atoms with Gasteiger partial charge in [0.25, 0.3) is 5.91 Å². The molecule has 6 heteroatoms. The Kier molecular flexibility index (Phi) is 4.78. The predicted octanol–water partition coefficient (Wildman–Crippen LogP) is 2.85. The van der Waals surface area contributed by atoms with Crippen molar-refractivity contribution in [3.05, 3.63) is 59.4 Å². The number of hydrogen-bond acceptors (Lipinski definition) is 3. The maximum absolute atomic E-state index is 14.5. The van der Waals surface area contributed by atoms with Crippen molar-refractivity contribution in [2.75, 3.05) is 13.1 Å². The average Bonchev–Trinajstić information content (AvgIpc) is 2.62. The lowest BCUT2D eigenvalue weighted by atomic mass is 9.91. The molecule has 1 fully saturated rings. The number of likely N-dealkylation sites (tertiary alicyclic amines) is 1. The molecule has 0 aliphatic carbocycles. The first-order valence-electron chi connectivity index (χ1n) is 8.42. The van der Waals surface area contributed by atoms with E-state index in [4.69, 9.17) is 5.11 Å². The lowest BCUT2D eigenvalue weighted by molar-refractivity contribution is -0.162. The van der Waals surface area contributed by atoms with Gasteiger partial charge < -0.3 is 15.1 Å². The van der Waals surface area contributed by atoms with Gasteiger partial charge in [-0.15, -0.1) is 0 Å². The summed E-state index contributed by atoms with van der Waals surface area (Å²) in [6.07, 6.45) is -0.145. The van der Waals surface area contributed by atoms with Crippen LogP contribution in [0.15, 0.2) is 42.5 Å². The Morgan fingerprint density at radius 3 is 2.15 bits per heavy atom. The number of benzene rings is 2. The van der Waals surface area contributed by atoms with Crippen molar-refractivity contribution in [3.8, 4) is 11.1 Å². The van der Waals surface area contributed by atoms with Gasteiger partial charge in [-0.2, -0.15) is 0 Å². The Morgan fingerprint density at radius 2 is 1.62 bits per heavy atom. The number of aryl methyl sites for hydroxylation is 1. The lowest BCUT2D eigenvalue weighted by Gasteiger charge is -2.35. The summed E-state index contributed by atoms with van der Waals surface area (Å²) in [6.45, 7) is 2.11. The van der Waals surface area contributed by atoms with Gasteiger partial charge in [0.2, 0.25) is 0 Å². The van der Waals surface area contributed by atoms with Gasteiger partial charge in [0.05, 0.1) is 5.56 Å². The third-order valence-electron chi connectivity index (χ3n) is 4.86. The fourth-order valence-electron chi connectivity index (χ4n) is 3.08. The molecule has 0 bridgehead atoms. The first-order valence-corrected chi connectivity index (χ1v) is 8.42. The van der Waals surface area contributed by atoms with E-state index < -0.39 is 23.3 Å². The van der Waals surface area contributed by atoms with E-state index in [0.29, 0.717) is 5.56 Å². The molecule has 2 aromatic carbocycles. The van der Waals surface area contributed by atoms with Gasteiger partial charge in [0, 0.05) is 25.9 Å². The SMILES string of the molecule is Cc1ccc(-c2ccc(C(=O)N3CCC(O)(C(=O)O)CC3)c(F)c2)cc1. The second-order valence-corrected chi connectivity index (χ2v) is 6.69. The van der Waals surface area contributed by atoms with Crippen molar-refractivity contribution in [2.45, 2.75) is 25.4 Å². The summed E-state index contributed by atoms with van der Waals surface area (Å²) in [4.78, 5) is 25.0. The lowest BCUT2D eigenvalue weighted by Crippen LogP contribution is -2.50. The Bertz CT molecular complexity index is 839. The number of carbonyl (C=O) groups excluding carboxylic acids is 1. The Labute approximate surface area is 150 Å². The van der Waals surface area contributed by atoms with Crippen LogP contribution in [-0.4, -0.2) is 45.7 Å². The van der Waals surface area contributed by atoms with E-state index in [2.05, 4.69) is 0 Å². The fourth-order valence-corrected chi connectivity index (χ4v) is 3.08. The van der Waals surface area contributed by atoms with E-state index in [1.54, 1.807) is 6.07 Å². The summed E-state index contributed by atoms with van der Waals surface area (Å²) in [5.74, 6) is -2.41. The molecular weight excluding hydrogens is 337 g/mol. The van der Waals surface area contributed by atoms with Gasteiger partial charge in [0.15, 0.2) is 5.60 Å². The maximum atomic E-state index is 14.5. The Hall–Kier alpha value is -2.73. The van der Waals surface area contributed by atoms with Crippen LogP contribution in [0.2, 0.25) is 0 Å². The summed E-state index contributed by atoms with van der Waals surface area (Å²) >= 11 is 0. The van der Waals surface area contributed by atoms with Crippen LogP contribution in [0.1, 0.15) is 28.8 Å². The van der Waals surface area contributed by atoms with Crippen molar-refractivity contribution in [1.82, 2.24) is 4.90 Å². The molecule has 1 saturated heterocycles. The number of aliphatic hydroxyl groups is 1. The number of piperidine rings is 1. The zero-order valence-electron chi connectivity index (χ0n) is 14.4. The topological polar surface area (TPSA) is 77.8 Å². The van der Waals surface area contributed by atoms with E-state index in [1.807, 2.05) is 31.2 Å². The smallest absolute Gasteiger partial charge is 0.335 e. The van der Waals surface area contributed by atoms with E-state index in [9.17, 15) is 19.1 Å². The zero-order chi connectivity index (χ0) is 18.9. The summed E-state index contributed by atoms with van der Waals surface area (Å²) < 4.78 is 14.5. The maximum Gasteiger partial charge on any atom is 0.335 e. The van der Waals surface area contributed by atoms with Crippen LogP contribution >= 0.6 is 0 Å². The molecule has 136 valence electrons. The minimum Gasteiger partial charge on any atom is -0.479 e. The van der Waals surface area contributed by atoms with Crippen molar-refractivity contribution < 1.29 is 24.2 Å². The molecule has 3 rings (SSSR count). The zero-order valence-corrected chi connectivity index (χ0v) is 14.4. The summed E-state index contributed by atoms with van der Waals surface area (Å²) in [7, 11) is 0. The van der Waals surface area contributed by atoms with E-state index >= 15 is 0 Å².